The summed E-state index contributed by atoms with van der Waals surface area (Å²) in [6.07, 6.45) is -0.773. The highest BCUT2D eigenvalue weighted by atomic mass is 32.1. The van der Waals surface area contributed by atoms with Crippen molar-refractivity contribution in [1.29, 1.82) is 0 Å². The van der Waals surface area contributed by atoms with Gasteiger partial charge < -0.3 is 23.5 Å². The topological polar surface area (TPSA) is 71.3 Å². The third-order valence-electron chi connectivity index (χ3n) is 4.54. The number of para-hydroxylation sites is 2. The van der Waals surface area contributed by atoms with Crippen LogP contribution in [0.5, 0.6) is 17.2 Å². The molecule has 8 heteroatoms. The lowest BCUT2D eigenvalue weighted by Crippen LogP contribution is -2.37. The molecule has 4 rings (SSSR count). The van der Waals surface area contributed by atoms with Crippen LogP contribution in [-0.4, -0.2) is 43.5 Å². The molecule has 3 aromatic rings. The van der Waals surface area contributed by atoms with E-state index in [0.29, 0.717) is 36.1 Å². The Labute approximate surface area is 172 Å². The van der Waals surface area contributed by atoms with Gasteiger partial charge in [0.15, 0.2) is 16.3 Å². The van der Waals surface area contributed by atoms with Gasteiger partial charge in [-0.15, -0.1) is 0 Å². The van der Waals surface area contributed by atoms with Gasteiger partial charge in [0, 0.05) is 13.2 Å². The molecule has 7 nitrogen and oxygen atoms in total. The van der Waals surface area contributed by atoms with E-state index in [1.807, 2.05) is 47.9 Å². The van der Waals surface area contributed by atoms with Crippen molar-refractivity contribution >= 4 is 27.5 Å². The number of amides is 1. The fraction of sp³-hybridized carbons (Fsp3) is 0.333. The number of rotatable bonds is 6. The normalized spacial score (nSPS) is 16.2. The van der Waals surface area contributed by atoms with Gasteiger partial charge in [-0.3, -0.25) is 4.79 Å². The molecule has 0 aliphatic carbocycles. The summed E-state index contributed by atoms with van der Waals surface area (Å²) in [5.74, 6) is 1.58. The highest BCUT2D eigenvalue weighted by molar-refractivity contribution is 7.16. The van der Waals surface area contributed by atoms with Crippen LogP contribution < -0.4 is 19.0 Å². The highest BCUT2D eigenvalue weighted by Crippen LogP contribution is 2.31. The maximum absolute atomic E-state index is 12.8. The van der Waals surface area contributed by atoms with Gasteiger partial charge in [-0.2, -0.15) is 4.99 Å². The molecular weight excluding hydrogens is 392 g/mol. The number of carbonyl (C=O) groups excluding carboxylic acids is 1. The molecule has 2 aromatic carbocycles. The largest absolute Gasteiger partial charge is 0.497 e. The predicted molar refractivity (Wildman–Crippen MR) is 110 cm³/mol. The van der Waals surface area contributed by atoms with Crippen molar-refractivity contribution in [2.75, 3.05) is 26.9 Å². The first kappa shape index (κ1) is 19.5. The minimum atomic E-state index is -0.773. The van der Waals surface area contributed by atoms with Gasteiger partial charge in [-0.05, 0) is 37.3 Å². The van der Waals surface area contributed by atoms with Crippen LogP contribution in [0.4, 0.5) is 0 Å². The number of aromatic nitrogens is 1. The SMILES string of the molecule is CCOCCn1c(=NC(=O)C2COc3ccccc3O2)sc2cc(OC)ccc21. The van der Waals surface area contributed by atoms with E-state index in [1.54, 1.807) is 13.2 Å². The van der Waals surface area contributed by atoms with Gasteiger partial charge in [-0.1, -0.05) is 23.5 Å². The van der Waals surface area contributed by atoms with Crippen molar-refractivity contribution in [3.05, 3.63) is 47.3 Å². The number of fused-ring (bicyclic) bond motifs is 2. The summed E-state index contributed by atoms with van der Waals surface area (Å²) in [7, 11) is 1.63. The second-order valence-corrected chi connectivity index (χ2v) is 7.39. The Morgan fingerprint density at radius 2 is 2.10 bits per heavy atom. The molecule has 0 bridgehead atoms. The molecule has 2 heterocycles. The van der Waals surface area contributed by atoms with Crippen LogP contribution >= 0.6 is 11.3 Å². The van der Waals surface area contributed by atoms with Crippen molar-refractivity contribution in [3.63, 3.8) is 0 Å². The monoisotopic (exact) mass is 414 g/mol. The van der Waals surface area contributed by atoms with Crippen molar-refractivity contribution in [1.82, 2.24) is 4.57 Å². The van der Waals surface area contributed by atoms with Crippen molar-refractivity contribution in [3.8, 4) is 17.2 Å². The first-order chi connectivity index (χ1) is 14.2. The molecule has 29 heavy (non-hydrogen) atoms. The number of hydrogen-bond acceptors (Lipinski definition) is 6. The van der Waals surface area contributed by atoms with E-state index < -0.39 is 6.10 Å². The van der Waals surface area contributed by atoms with Gasteiger partial charge in [-0.25, -0.2) is 0 Å². The van der Waals surface area contributed by atoms with E-state index in [9.17, 15) is 4.79 Å². The Kier molecular flexibility index (Phi) is 5.82. The summed E-state index contributed by atoms with van der Waals surface area (Å²) in [4.78, 5) is 17.8. The Bertz CT molecular complexity index is 1090. The molecule has 0 saturated carbocycles. The molecule has 152 valence electrons. The number of thiazole rings is 1. The van der Waals surface area contributed by atoms with Crippen LogP contribution in [-0.2, 0) is 16.1 Å². The van der Waals surface area contributed by atoms with Gasteiger partial charge >= 0.3 is 0 Å². The van der Waals surface area contributed by atoms with E-state index in [4.69, 9.17) is 18.9 Å². The summed E-state index contributed by atoms with van der Waals surface area (Å²) in [5, 5.41) is 0. The van der Waals surface area contributed by atoms with Crippen LogP contribution in [0.15, 0.2) is 47.5 Å². The fourth-order valence-corrected chi connectivity index (χ4v) is 4.18. The molecule has 1 aromatic heterocycles. The molecule has 1 unspecified atom stereocenters. The Hall–Kier alpha value is -2.84. The van der Waals surface area contributed by atoms with Crippen molar-refractivity contribution in [2.45, 2.75) is 19.6 Å². The van der Waals surface area contributed by atoms with E-state index in [-0.39, 0.29) is 12.5 Å². The van der Waals surface area contributed by atoms with Gasteiger partial charge in [0.2, 0.25) is 6.10 Å². The van der Waals surface area contributed by atoms with Crippen LogP contribution in [0.2, 0.25) is 0 Å². The van der Waals surface area contributed by atoms with Gasteiger partial charge in [0.25, 0.3) is 5.91 Å². The summed E-state index contributed by atoms with van der Waals surface area (Å²) in [6.45, 7) is 3.85. The molecule has 0 saturated heterocycles. The second-order valence-electron chi connectivity index (χ2n) is 6.38. The van der Waals surface area contributed by atoms with Crippen LogP contribution in [0.1, 0.15) is 6.92 Å². The fourth-order valence-electron chi connectivity index (χ4n) is 3.09. The Morgan fingerprint density at radius 1 is 1.28 bits per heavy atom. The number of methoxy groups -OCH3 is 1. The maximum atomic E-state index is 12.8. The smallest absolute Gasteiger partial charge is 0.292 e. The molecule has 0 N–H and O–H groups in total. The van der Waals surface area contributed by atoms with Crippen LogP contribution in [0.25, 0.3) is 10.2 Å². The average molecular weight is 414 g/mol. The zero-order valence-electron chi connectivity index (χ0n) is 16.3. The molecule has 0 fully saturated rings. The first-order valence-electron chi connectivity index (χ1n) is 9.41. The van der Waals surface area contributed by atoms with E-state index >= 15 is 0 Å². The Balaban J connectivity index is 1.67. The zero-order valence-corrected chi connectivity index (χ0v) is 17.1. The molecule has 1 amide bonds. The van der Waals surface area contributed by atoms with Crippen molar-refractivity contribution in [2.24, 2.45) is 4.99 Å². The highest BCUT2D eigenvalue weighted by Gasteiger charge is 2.27. The average Bonchev–Trinajstić information content (AvgIpc) is 3.09. The molecule has 0 radical (unpaired) electrons. The third kappa shape index (κ3) is 4.13. The first-order valence-corrected chi connectivity index (χ1v) is 10.2. The van der Waals surface area contributed by atoms with E-state index in [0.717, 1.165) is 16.0 Å². The van der Waals surface area contributed by atoms with E-state index in [2.05, 4.69) is 4.99 Å². The minimum Gasteiger partial charge on any atom is -0.497 e. The zero-order chi connectivity index (χ0) is 20.2. The summed E-state index contributed by atoms with van der Waals surface area (Å²) in [5.41, 5.74) is 0.980. The molecule has 1 aliphatic rings. The lowest BCUT2D eigenvalue weighted by atomic mass is 10.2. The number of nitrogens with zero attached hydrogens (tertiary/aromatic N) is 2. The molecule has 1 aliphatic heterocycles. The maximum Gasteiger partial charge on any atom is 0.292 e. The minimum absolute atomic E-state index is 0.136. The predicted octanol–water partition coefficient (Wildman–Crippen LogP) is 3.02. The number of carbonyl (C=O) groups is 1. The second kappa shape index (κ2) is 8.67. The number of ether oxygens (including phenoxy) is 4. The number of benzene rings is 2. The van der Waals surface area contributed by atoms with E-state index in [1.165, 1.54) is 11.3 Å². The van der Waals surface area contributed by atoms with Crippen LogP contribution in [0, 0.1) is 0 Å². The number of hydrogen-bond donors (Lipinski definition) is 0. The van der Waals surface area contributed by atoms with Gasteiger partial charge in [0.05, 0.1) is 23.9 Å². The van der Waals surface area contributed by atoms with Crippen molar-refractivity contribution < 1.29 is 23.7 Å². The summed E-state index contributed by atoms with van der Waals surface area (Å²) in [6, 6.07) is 13.1. The third-order valence-corrected chi connectivity index (χ3v) is 5.58. The quantitative estimate of drug-likeness (QED) is 0.580. The molecule has 1 atom stereocenters. The Morgan fingerprint density at radius 3 is 2.90 bits per heavy atom. The van der Waals surface area contributed by atoms with Crippen LogP contribution in [0.3, 0.4) is 0 Å². The molecular formula is C21H22N2O5S. The standard InChI is InChI=1S/C21H22N2O5S/c1-3-26-11-10-23-15-9-8-14(25-2)12-19(15)29-21(23)22-20(24)18-13-27-16-6-4-5-7-17(16)28-18/h4-9,12,18H,3,10-11,13H2,1-2H3. The van der Waals surface area contributed by atoms with Gasteiger partial charge in [0.1, 0.15) is 12.4 Å². The summed E-state index contributed by atoms with van der Waals surface area (Å²) >= 11 is 1.43. The molecule has 0 spiro atoms. The summed E-state index contributed by atoms with van der Waals surface area (Å²) < 4.78 is 25.2. The lowest BCUT2D eigenvalue weighted by molar-refractivity contribution is -0.127. The lowest BCUT2D eigenvalue weighted by Gasteiger charge is -2.23.